The maximum absolute atomic E-state index is 11.6. The van der Waals surface area contributed by atoms with E-state index in [9.17, 15) is 8.42 Å². The van der Waals surface area contributed by atoms with Crippen LogP contribution in [0.1, 0.15) is 26.3 Å². The highest BCUT2D eigenvalue weighted by Crippen LogP contribution is 2.23. The van der Waals surface area contributed by atoms with Crippen LogP contribution in [0.4, 0.5) is 5.69 Å². The first kappa shape index (κ1) is 14.9. The van der Waals surface area contributed by atoms with E-state index in [2.05, 4.69) is 37.7 Å². The summed E-state index contributed by atoms with van der Waals surface area (Å²) in [6, 6.07) is 7.27. The molecule has 100 valence electrons. The second kappa shape index (κ2) is 5.24. The Hall–Kier alpha value is -1.14. The zero-order valence-corrected chi connectivity index (χ0v) is 12.4. The van der Waals surface area contributed by atoms with E-state index in [1.54, 1.807) is 12.1 Å². The molecule has 0 aliphatic heterocycles. The molecule has 0 aliphatic carbocycles. The third-order valence-electron chi connectivity index (χ3n) is 2.36. The molecule has 0 amide bonds. The molecule has 0 saturated heterocycles. The molecule has 0 radical (unpaired) electrons. The minimum absolute atomic E-state index is 0.0379. The predicted octanol–water partition coefficient (Wildman–Crippen LogP) is 2.01. The lowest BCUT2D eigenvalue weighted by molar-refractivity contribution is 0.590. The molecule has 18 heavy (non-hydrogen) atoms. The maximum atomic E-state index is 11.6. The summed E-state index contributed by atoms with van der Waals surface area (Å²) in [5.41, 5.74) is 6.92. The Kier molecular flexibility index (Phi) is 4.34. The number of hydrogen-bond acceptors (Lipinski definition) is 3. The lowest BCUT2D eigenvalue weighted by atomic mass is 9.87. The summed E-state index contributed by atoms with van der Waals surface area (Å²) in [5, 5.41) is 0. The van der Waals surface area contributed by atoms with Gasteiger partial charge in [-0.3, -0.25) is 4.72 Å². The van der Waals surface area contributed by atoms with Crippen molar-refractivity contribution in [2.75, 3.05) is 10.5 Å². The van der Waals surface area contributed by atoms with Gasteiger partial charge in [-0.25, -0.2) is 8.42 Å². The highest BCUT2D eigenvalue weighted by atomic mass is 32.2. The number of hydrogen-bond donors (Lipinski definition) is 2. The van der Waals surface area contributed by atoms with Crippen LogP contribution in [0.15, 0.2) is 24.3 Å². The van der Waals surface area contributed by atoms with Gasteiger partial charge in [-0.1, -0.05) is 45.1 Å². The molecule has 0 aromatic heterocycles. The molecular formula is C12H18N2O2S2. The normalized spacial score (nSPS) is 12.2. The van der Waals surface area contributed by atoms with Gasteiger partial charge in [0.15, 0.2) is 0 Å². The number of nitrogens with two attached hydrogens (primary N) is 1. The summed E-state index contributed by atoms with van der Waals surface area (Å²) < 4.78 is 25.7. The van der Waals surface area contributed by atoms with Crippen molar-refractivity contribution >= 4 is 32.9 Å². The smallest absolute Gasteiger partial charge is 0.239 e. The Bertz CT molecular complexity index is 528. The zero-order chi connectivity index (χ0) is 14.0. The van der Waals surface area contributed by atoms with Crippen molar-refractivity contribution in [3.8, 4) is 0 Å². The van der Waals surface area contributed by atoms with Gasteiger partial charge in [-0.15, -0.1) is 0 Å². The van der Waals surface area contributed by atoms with E-state index in [1.165, 1.54) is 0 Å². The minimum atomic E-state index is -3.50. The van der Waals surface area contributed by atoms with Crippen molar-refractivity contribution in [3.05, 3.63) is 29.8 Å². The molecule has 0 fully saturated rings. The van der Waals surface area contributed by atoms with Gasteiger partial charge in [-0.05, 0) is 23.1 Å². The standard InChI is InChI=1S/C12H18N2O2S2/c1-12(2,3)9-4-6-10(7-5-9)14-18(15,16)8-11(13)17/h4-7,14H,8H2,1-3H3,(H2,13,17). The molecule has 1 aromatic carbocycles. The van der Waals surface area contributed by atoms with E-state index in [0.717, 1.165) is 5.56 Å². The van der Waals surface area contributed by atoms with Crippen molar-refractivity contribution in [1.29, 1.82) is 0 Å². The van der Waals surface area contributed by atoms with E-state index < -0.39 is 10.0 Å². The summed E-state index contributed by atoms with van der Waals surface area (Å²) in [7, 11) is -3.50. The molecule has 0 aliphatic rings. The maximum Gasteiger partial charge on any atom is 0.239 e. The van der Waals surface area contributed by atoms with Crippen LogP contribution in [0.3, 0.4) is 0 Å². The van der Waals surface area contributed by atoms with Crippen LogP contribution in [0, 0.1) is 0 Å². The fourth-order valence-electron chi connectivity index (χ4n) is 1.44. The highest BCUT2D eigenvalue weighted by Gasteiger charge is 2.15. The van der Waals surface area contributed by atoms with Crippen LogP contribution >= 0.6 is 12.2 Å². The molecule has 0 saturated carbocycles. The Morgan fingerprint density at radius 2 is 1.78 bits per heavy atom. The second-order valence-electron chi connectivity index (χ2n) is 5.15. The lowest BCUT2D eigenvalue weighted by Gasteiger charge is -2.19. The monoisotopic (exact) mass is 286 g/mol. The summed E-state index contributed by atoms with van der Waals surface area (Å²) in [6.07, 6.45) is 0. The van der Waals surface area contributed by atoms with Gasteiger partial charge in [-0.2, -0.15) is 0 Å². The topological polar surface area (TPSA) is 72.2 Å². The first-order chi connectivity index (χ1) is 8.10. The van der Waals surface area contributed by atoms with Gasteiger partial charge in [0.2, 0.25) is 10.0 Å². The molecule has 6 heteroatoms. The van der Waals surface area contributed by atoms with Gasteiger partial charge in [0, 0.05) is 5.69 Å². The molecule has 0 atom stereocenters. The fraction of sp³-hybridized carbons (Fsp3) is 0.417. The molecule has 0 heterocycles. The molecular weight excluding hydrogens is 268 g/mol. The number of anilines is 1. The zero-order valence-electron chi connectivity index (χ0n) is 10.7. The van der Waals surface area contributed by atoms with Crippen LogP contribution < -0.4 is 10.5 Å². The van der Waals surface area contributed by atoms with Crippen molar-refractivity contribution in [2.24, 2.45) is 5.73 Å². The Morgan fingerprint density at radius 1 is 1.28 bits per heavy atom. The van der Waals surface area contributed by atoms with Gasteiger partial charge in [0.05, 0.1) is 4.99 Å². The van der Waals surface area contributed by atoms with Crippen molar-refractivity contribution in [2.45, 2.75) is 26.2 Å². The Balaban J connectivity index is 2.85. The van der Waals surface area contributed by atoms with Crippen molar-refractivity contribution in [1.82, 2.24) is 0 Å². The van der Waals surface area contributed by atoms with Crippen molar-refractivity contribution < 1.29 is 8.42 Å². The van der Waals surface area contributed by atoms with Crippen LogP contribution in [0.5, 0.6) is 0 Å². The Labute approximate surface area is 114 Å². The fourth-order valence-corrected chi connectivity index (χ4v) is 2.85. The molecule has 4 nitrogen and oxygen atoms in total. The van der Waals surface area contributed by atoms with E-state index in [-0.39, 0.29) is 16.2 Å². The summed E-state index contributed by atoms with van der Waals surface area (Å²) >= 11 is 4.59. The molecule has 0 bridgehead atoms. The number of benzene rings is 1. The molecule has 0 spiro atoms. The van der Waals surface area contributed by atoms with E-state index in [0.29, 0.717) is 5.69 Å². The summed E-state index contributed by atoms with van der Waals surface area (Å²) in [4.78, 5) is -0.0474. The van der Waals surface area contributed by atoms with E-state index in [1.807, 2.05) is 12.1 Å². The van der Waals surface area contributed by atoms with E-state index >= 15 is 0 Å². The van der Waals surface area contributed by atoms with E-state index in [4.69, 9.17) is 5.73 Å². The lowest BCUT2D eigenvalue weighted by Crippen LogP contribution is -2.26. The third kappa shape index (κ3) is 4.62. The molecule has 1 rings (SSSR count). The minimum Gasteiger partial charge on any atom is -0.392 e. The second-order valence-corrected chi connectivity index (χ2v) is 7.40. The number of sulfonamides is 1. The van der Waals surface area contributed by atoms with Gasteiger partial charge in [0.1, 0.15) is 5.75 Å². The van der Waals surface area contributed by atoms with Gasteiger partial charge >= 0.3 is 0 Å². The van der Waals surface area contributed by atoms with Crippen LogP contribution in [-0.4, -0.2) is 19.2 Å². The van der Waals surface area contributed by atoms with Crippen LogP contribution in [-0.2, 0) is 15.4 Å². The highest BCUT2D eigenvalue weighted by molar-refractivity contribution is 7.95. The number of rotatable bonds is 4. The predicted molar refractivity (Wildman–Crippen MR) is 79.3 cm³/mol. The van der Waals surface area contributed by atoms with Crippen molar-refractivity contribution in [3.63, 3.8) is 0 Å². The molecule has 0 unspecified atom stereocenters. The molecule has 3 N–H and O–H groups in total. The Morgan fingerprint density at radius 3 is 2.17 bits per heavy atom. The number of nitrogens with one attached hydrogen (secondary N) is 1. The average molecular weight is 286 g/mol. The summed E-state index contributed by atoms with van der Waals surface area (Å²) in [5.74, 6) is -0.344. The van der Waals surface area contributed by atoms with Crippen LogP contribution in [0.25, 0.3) is 0 Å². The van der Waals surface area contributed by atoms with Gasteiger partial charge < -0.3 is 5.73 Å². The van der Waals surface area contributed by atoms with Gasteiger partial charge in [0.25, 0.3) is 0 Å². The largest absolute Gasteiger partial charge is 0.392 e. The average Bonchev–Trinajstić information content (AvgIpc) is 2.13. The summed E-state index contributed by atoms with van der Waals surface area (Å²) in [6.45, 7) is 6.29. The first-order valence-electron chi connectivity index (χ1n) is 5.49. The quantitative estimate of drug-likeness (QED) is 0.831. The molecule has 1 aromatic rings. The first-order valence-corrected chi connectivity index (χ1v) is 7.55. The SMILES string of the molecule is CC(C)(C)c1ccc(NS(=O)(=O)CC(N)=S)cc1. The van der Waals surface area contributed by atoms with Crippen LogP contribution in [0.2, 0.25) is 0 Å². The number of thiocarbonyl (C=S) groups is 1. The third-order valence-corrected chi connectivity index (χ3v) is 3.92.